The summed E-state index contributed by atoms with van der Waals surface area (Å²) in [5.41, 5.74) is 0. The molecular formula is C4H7ClF2N2O. The van der Waals surface area contributed by atoms with E-state index in [1.165, 1.54) is 0 Å². The van der Waals surface area contributed by atoms with Crippen LogP contribution in [-0.2, 0) is 0 Å². The molecule has 0 atom stereocenters. The van der Waals surface area contributed by atoms with Gasteiger partial charge in [0.1, 0.15) is 0 Å². The van der Waals surface area contributed by atoms with E-state index < -0.39 is 6.03 Å². The number of rotatable bonds is 0. The molecule has 0 aliphatic carbocycles. The number of carbonyl (C=O) groups excluding carboxylic acids is 1. The molecule has 0 spiro atoms. The minimum absolute atomic E-state index is 0. The highest BCUT2D eigenvalue weighted by Crippen LogP contribution is 2.08. The Kier molecular flexibility index (Phi) is 3.35. The van der Waals surface area contributed by atoms with Crippen LogP contribution in [0.25, 0.3) is 0 Å². The van der Waals surface area contributed by atoms with Crippen LogP contribution in [0.3, 0.4) is 0 Å². The monoisotopic (exact) mass is 172 g/mol. The Labute approximate surface area is 62.9 Å². The molecule has 1 rings (SSSR count). The van der Waals surface area contributed by atoms with Gasteiger partial charge in [0.25, 0.3) is 0 Å². The van der Waals surface area contributed by atoms with Crippen molar-refractivity contribution >= 4 is 18.4 Å². The number of hydrogen-bond donors (Lipinski definition) is 0. The Morgan fingerprint density at radius 2 is 1.60 bits per heavy atom. The predicted octanol–water partition coefficient (Wildman–Crippen LogP) is 1.30. The third kappa shape index (κ3) is 1.70. The summed E-state index contributed by atoms with van der Waals surface area (Å²) in [5, 5.41) is -0.271. The lowest BCUT2D eigenvalue weighted by molar-refractivity contribution is -0.0414. The molecule has 0 bridgehead atoms. The van der Waals surface area contributed by atoms with Crippen LogP contribution in [0.1, 0.15) is 6.42 Å². The molecule has 1 fully saturated rings. The van der Waals surface area contributed by atoms with E-state index in [0.717, 1.165) is 0 Å². The van der Waals surface area contributed by atoms with E-state index >= 15 is 0 Å². The number of carbonyl (C=O) groups is 1. The van der Waals surface area contributed by atoms with Gasteiger partial charge in [-0.15, -0.1) is 12.4 Å². The highest BCUT2D eigenvalue weighted by Gasteiger charge is 2.25. The minimum Gasteiger partial charge on any atom is -0.243 e. The lowest BCUT2D eigenvalue weighted by atomic mass is 10.4. The fraction of sp³-hybridized carbons (Fsp3) is 0.750. The summed E-state index contributed by atoms with van der Waals surface area (Å²) in [5.74, 6) is 0. The van der Waals surface area contributed by atoms with Gasteiger partial charge < -0.3 is 0 Å². The molecule has 0 aromatic rings. The molecule has 6 heteroatoms. The molecule has 0 radical (unpaired) electrons. The van der Waals surface area contributed by atoms with Crippen molar-refractivity contribution in [1.29, 1.82) is 0 Å². The average molecular weight is 173 g/mol. The van der Waals surface area contributed by atoms with Crippen molar-refractivity contribution in [2.75, 3.05) is 13.1 Å². The number of halogens is 3. The van der Waals surface area contributed by atoms with Crippen LogP contribution in [0, 0.1) is 0 Å². The van der Waals surface area contributed by atoms with Crippen LogP contribution in [0.15, 0.2) is 0 Å². The Morgan fingerprint density at radius 3 is 1.90 bits per heavy atom. The topological polar surface area (TPSA) is 23.6 Å². The van der Waals surface area contributed by atoms with E-state index in [1.807, 2.05) is 0 Å². The Bertz CT molecular complexity index is 122. The molecule has 60 valence electrons. The Balaban J connectivity index is 0.000000810. The second kappa shape index (κ2) is 3.55. The summed E-state index contributed by atoms with van der Waals surface area (Å²) >= 11 is 0. The first-order valence-corrected chi connectivity index (χ1v) is 2.62. The normalized spacial score (nSPS) is 18.8. The van der Waals surface area contributed by atoms with Gasteiger partial charge in [0.2, 0.25) is 0 Å². The Morgan fingerprint density at radius 1 is 1.20 bits per heavy atom. The van der Waals surface area contributed by atoms with Gasteiger partial charge in [-0.25, -0.2) is 4.79 Å². The maximum atomic E-state index is 12.0. The molecule has 1 heterocycles. The lowest BCUT2D eigenvalue weighted by Gasteiger charge is -2.22. The standard InChI is InChI=1S/C4H6F2N2O.ClH/c5-7-2-1-3-8(6)4(7)9;/h1-3H2;1H. The zero-order valence-electron chi connectivity index (χ0n) is 5.09. The summed E-state index contributed by atoms with van der Waals surface area (Å²) in [6.45, 7) is -0.00148. The van der Waals surface area contributed by atoms with Crippen molar-refractivity contribution in [3.05, 3.63) is 0 Å². The maximum absolute atomic E-state index is 12.0. The van der Waals surface area contributed by atoms with E-state index in [4.69, 9.17) is 0 Å². The Hall–Kier alpha value is -0.580. The highest BCUT2D eigenvalue weighted by atomic mass is 35.5. The van der Waals surface area contributed by atoms with Crippen LogP contribution in [0.5, 0.6) is 0 Å². The zero-order valence-corrected chi connectivity index (χ0v) is 5.90. The average Bonchev–Trinajstić information content (AvgIpc) is 1.83. The highest BCUT2D eigenvalue weighted by molar-refractivity contribution is 5.85. The summed E-state index contributed by atoms with van der Waals surface area (Å²) in [4.78, 5) is 10.2. The van der Waals surface area contributed by atoms with E-state index in [2.05, 4.69) is 0 Å². The maximum Gasteiger partial charge on any atom is 0.376 e. The van der Waals surface area contributed by atoms with Crippen molar-refractivity contribution in [1.82, 2.24) is 10.2 Å². The van der Waals surface area contributed by atoms with Gasteiger partial charge in [0, 0.05) is 0 Å². The van der Waals surface area contributed by atoms with E-state index in [9.17, 15) is 13.8 Å². The van der Waals surface area contributed by atoms with Gasteiger partial charge in [-0.3, -0.25) is 0 Å². The second-order valence-corrected chi connectivity index (χ2v) is 1.81. The molecule has 3 nitrogen and oxygen atoms in total. The van der Waals surface area contributed by atoms with Gasteiger partial charge >= 0.3 is 6.03 Å². The number of urea groups is 1. The number of hydrogen-bond acceptors (Lipinski definition) is 1. The van der Waals surface area contributed by atoms with Gasteiger partial charge in [-0.05, 0) is 6.42 Å². The van der Waals surface area contributed by atoms with E-state index in [1.54, 1.807) is 0 Å². The van der Waals surface area contributed by atoms with E-state index in [-0.39, 0.29) is 35.7 Å². The predicted molar refractivity (Wildman–Crippen MR) is 32.9 cm³/mol. The summed E-state index contributed by atoms with van der Waals surface area (Å²) in [7, 11) is 0. The number of nitrogens with zero attached hydrogens (tertiary/aromatic N) is 2. The van der Waals surface area contributed by atoms with Gasteiger partial charge in [0.15, 0.2) is 0 Å². The fourth-order valence-electron chi connectivity index (χ4n) is 0.657. The fourth-order valence-corrected chi connectivity index (χ4v) is 0.657. The second-order valence-electron chi connectivity index (χ2n) is 1.81. The molecule has 0 saturated carbocycles. The van der Waals surface area contributed by atoms with Gasteiger partial charge in [0.05, 0.1) is 13.1 Å². The molecular weight excluding hydrogens is 166 g/mol. The van der Waals surface area contributed by atoms with Crippen LogP contribution in [0.2, 0.25) is 0 Å². The first-order chi connectivity index (χ1) is 4.22. The molecule has 0 aromatic heterocycles. The molecule has 2 amide bonds. The first kappa shape index (κ1) is 9.42. The molecule has 0 N–H and O–H groups in total. The summed E-state index contributed by atoms with van der Waals surface area (Å²) in [6, 6.07) is -1.19. The SMILES string of the molecule is Cl.O=C1N(F)CCCN1F. The van der Waals surface area contributed by atoms with Crippen molar-refractivity contribution in [2.45, 2.75) is 6.42 Å². The first-order valence-electron chi connectivity index (χ1n) is 2.62. The zero-order chi connectivity index (χ0) is 6.85. The van der Waals surface area contributed by atoms with Crippen molar-refractivity contribution in [3.63, 3.8) is 0 Å². The molecule has 0 aromatic carbocycles. The van der Waals surface area contributed by atoms with Crippen molar-refractivity contribution in [2.24, 2.45) is 0 Å². The molecule has 10 heavy (non-hydrogen) atoms. The van der Waals surface area contributed by atoms with Crippen LogP contribution >= 0.6 is 12.4 Å². The summed E-state index contributed by atoms with van der Waals surface area (Å²) in [6.07, 6.45) is 0.346. The van der Waals surface area contributed by atoms with Crippen LogP contribution in [0.4, 0.5) is 13.8 Å². The quantitative estimate of drug-likeness (QED) is 0.506. The molecule has 0 unspecified atom stereocenters. The van der Waals surface area contributed by atoms with Crippen LogP contribution < -0.4 is 0 Å². The number of amides is 2. The lowest BCUT2D eigenvalue weighted by Crippen LogP contribution is -2.40. The van der Waals surface area contributed by atoms with Crippen molar-refractivity contribution < 1.29 is 13.8 Å². The largest absolute Gasteiger partial charge is 0.376 e. The molecule has 1 aliphatic heterocycles. The van der Waals surface area contributed by atoms with Crippen molar-refractivity contribution in [3.8, 4) is 0 Å². The van der Waals surface area contributed by atoms with Crippen LogP contribution in [-0.4, -0.2) is 29.4 Å². The summed E-state index contributed by atoms with van der Waals surface area (Å²) < 4.78 is 24.1. The van der Waals surface area contributed by atoms with Gasteiger partial charge in [-0.1, -0.05) is 8.96 Å². The minimum atomic E-state index is -1.19. The molecule has 1 aliphatic rings. The third-order valence-corrected chi connectivity index (χ3v) is 1.12. The van der Waals surface area contributed by atoms with Gasteiger partial charge in [-0.2, -0.15) is 10.2 Å². The smallest absolute Gasteiger partial charge is 0.243 e. The molecule has 1 saturated heterocycles. The van der Waals surface area contributed by atoms with E-state index in [0.29, 0.717) is 6.42 Å². The third-order valence-electron chi connectivity index (χ3n) is 1.12.